The van der Waals surface area contributed by atoms with Crippen LogP contribution in [-0.4, -0.2) is 38.6 Å². The molecule has 0 saturated carbocycles. The van der Waals surface area contributed by atoms with Crippen molar-refractivity contribution in [3.05, 3.63) is 60.2 Å². The van der Waals surface area contributed by atoms with Gasteiger partial charge in [0.25, 0.3) is 0 Å². The van der Waals surface area contributed by atoms with Crippen LogP contribution in [0.3, 0.4) is 0 Å². The van der Waals surface area contributed by atoms with Crippen molar-refractivity contribution in [2.24, 2.45) is 7.05 Å². The van der Waals surface area contributed by atoms with Gasteiger partial charge in [-0.15, -0.1) is 10.2 Å². The van der Waals surface area contributed by atoms with Crippen LogP contribution in [0, 0.1) is 6.92 Å². The second kappa shape index (κ2) is 8.05. The maximum atomic E-state index is 11.5. The molecule has 0 amide bonds. The van der Waals surface area contributed by atoms with Gasteiger partial charge in [0.05, 0.1) is 24.1 Å². The number of hydrogen-bond acceptors (Lipinski definition) is 6. The van der Waals surface area contributed by atoms with Gasteiger partial charge in [0, 0.05) is 23.6 Å². The monoisotopic (exact) mass is 404 g/mol. The molecule has 4 rings (SSSR count). The fourth-order valence-corrected chi connectivity index (χ4v) is 3.83. The van der Waals surface area contributed by atoms with Crippen LogP contribution in [0.5, 0.6) is 0 Å². The van der Waals surface area contributed by atoms with Crippen LogP contribution in [0.25, 0.3) is 33.5 Å². The Labute approximate surface area is 172 Å². The molecular formula is C22H20N4O2S. The summed E-state index contributed by atoms with van der Waals surface area (Å²) in [5.74, 6) is 0.619. The molecule has 0 aliphatic heterocycles. The number of rotatable bonds is 5. The van der Waals surface area contributed by atoms with Crippen molar-refractivity contribution in [2.75, 3.05) is 12.9 Å². The zero-order chi connectivity index (χ0) is 20.4. The lowest BCUT2D eigenvalue weighted by atomic mass is 10.0. The number of carbonyl (C=O) groups excluding carboxylic acids is 1. The molecule has 0 saturated heterocycles. The van der Waals surface area contributed by atoms with Crippen molar-refractivity contribution in [1.82, 2.24) is 19.7 Å². The van der Waals surface area contributed by atoms with E-state index < -0.39 is 0 Å². The van der Waals surface area contributed by atoms with E-state index in [1.807, 2.05) is 41.9 Å². The standard InChI is InChI=1S/C22H20N4O2S/c1-14-8-10-15(11-9-14)19-12-17(16-6-4-5-7-18(16)23-19)21-24-25-22(26(21)2)29-13-20(27)28-3/h4-12H,13H2,1-3H3. The first kappa shape index (κ1) is 19.1. The SMILES string of the molecule is COC(=O)CSc1nnc(-c2cc(-c3ccc(C)cc3)nc3ccccc23)n1C. The second-order valence-corrected chi connectivity index (χ2v) is 7.61. The summed E-state index contributed by atoms with van der Waals surface area (Å²) in [6.07, 6.45) is 0. The third kappa shape index (κ3) is 3.86. The predicted molar refractivity (Wildman–Crippen MR) is 115 cm³/mol. The van der Waals surface area contributed by atoms with Gasteiger partial charge in [-0.3, -0.25) is 4.79 Å². The molecular weight excluding hydrogens is 384 g/mol. The van der Waals surface area contributed by atoms with Crippen LogP contribution in [0.15, 0.2) is 59.8 Å². The zero-order valence-electron chi connectivity index (χ0n) is 16.4. The van der Waals surface area contributed by atoms with Crippen molar-refractivity contribution in [1.29, 1.82) is 0 Å². The van der Waals surface area contributed by atoms with E-state index >= 15 is 0 Å². The third-order valence-electron chi connectivity index (χ3n) is 4.69. The molecule has 0 N–H and O–H groups in total. The summed E-state index contributed by atoms with van der Waals surface area (Å²) in [7, 11) is 3.27. The molecule has 0 atom stereocenters. The van der Waals surface area contributed by atoms with Crippen LogP contribution in [0.4, 0.5) is 0 Å². The van der Waals surface area contributed by atoms with Crippen molar-refractivity contribution >= 4 is 28.6 Å². The highest BCUT2D eigenvalue weighted by molar-refractivity contribution is 7.99. The number of pyridine rings is 1. The van der Waals surface area contributed by atoms with Gasteiger partial charge in [-0.1, -0.05) is 59.8 Å². The topological polar surface area (TPSA) is 69.9 Å². The number of hydrogen-bond donors (Lipinski definition) is 0. The third-order valence-corrected chi connectivity index (χ3v) is 5.68. The van der Waals surface area contributed by atoms with Crippen LogP contribution < -0.4 is 0 Å². The fourth-order valence-electron chi connectivity index (χ4n) is 3.09. The van der Waals surface area contributed by atoms with Gasteiger partial charge >= 0.3 is 5.97 Å². The zero-order valence-corrected chi connectivity index (χ0v) is 17.2. The predicted octanol–water partition coefficient (Wildman–Crippen LogP) is 4.27. The normalized spacial score (nSPS) is 11.0. The minimum Gasteiger partial charge on any atom is -0.468 e. The van der Waals surface area contributed by atoms with E-state index in [1.165, 1.54) is 24.4 Å². The van der Waals surface area contributed by atoms with E-state index in [9.17, 15) is 4.79 Å². The molecule has 6 nitrogen and oxygen atoms in total. The van der Waals surface area contributed by atoms with Crippen molar-refractivity contribution in [2.45, 2.75) is 12.1 Å². The first-order valence-corrected chi connectivity index (χ1v) is 10.1. The second-order valence-electron chi connectivity index (χ2n) is 6.67. The number of nitrogens with zero attached hydrogens (tertiary/aromatic N) is 4. The summed E-state index contributed by atoms with van der Waals surface area (Å²) >= 11 is 1.30. The van der Waals surface area contributed by atoms with E-state index in [2.05, 4.69) is 41.4 Å². The molecule has 2 aromatic carbocycles. The highest BCUT2D eigenvalue weighted by Gasteiger charge is 2.17. The number of methoxy groups -OCH3 is 1. The molecule has 4 aromatic rings. The van der Waals surface area contributed by atoms with Gasteiger partial charge in [0.1, 0.15) is 0 Å². The largest absolute Gasteiger partial charge is 0.468 e. The average Bonchev–Trinajstić information content (AvgIpc) is 3.11. The molecule has 0 spiro atoms. The smallest absolute Gasteiger partial charge is 0.316 e. The fraction of sp³-hybridized carbons (Fsp3) is 0.182. The van der Waals surface area contributed by atoms with Crippen LogP contribution in [0.1, 0.15) is 5.56 Å². The van der Waals surface area contributed by atoms with Crippen molar-refractivity contribution in [3.63, 3.8) is 0 Å². The van der Waals surface area contributed by atoms with Gasteiger partial charge in [0.15, 0.2) is 11.0 Å². The number of para-hydroxylation sites is 1. The molecule has 0 radical (unpaired) electrons. The molecule has 7 heteroatoms. The number of thioether (sulfide) groups is 1. The number of aryl methyl sites for hydroxylation is 1. The molecule has 0 bridgehead atoms. The molecule has 2 heterocycles. The summed E-state index contributed by atoms with van der Waals surface area (Å²) in [6.45, 7) is 2.07. The number of carbonyl (C=O) groups is 1. The van der Waals surface area contributed by atoms with E-state index in [0.29, 0.717) is 5.16 Å². The Bertz CT molecular complexity index is 1190. The maximum absolute atomic E-state index is 11.5. The summed E-state index contributed by atoms with van der Waals surface area (Å²) < 4.78 is 6.61. The maximum Gasteiger partial charge on any atom is 0.316 e. The van der Waals surface area contributed by atoms with E-state index in [4.69, 9.17) is 9.72 Å². The van der Waals surface area contributed by atoms with E-state index in [0.717, 1.165) is 33.5 Å². The molecule has 2 aromatic heterocycles. The number of fused-ring (bicyclic) bond motifs is 1. The summed E-state index contributed by atoms with van der Waals surface area (Å²) in [5.41, 5.74) is 4.98. The first-order valence-electron chi connectivity index (χ1n) is 9.13. The lowest BCUT2D eigenvalue weighted by Gasteiger charge is -2.10. The Balaban J connectivity index is 1.82. The minimum atomic E-state index is -0.296. The number of ether oxygens (including phenoxy) is 1. The summed E-state index contributed by atoms with van der Waals surface area (Å²) in [6, 6.07) is 18.4. The van der Waals surface area contributed by atoms with Crippen LogP contribution in [0.2, 0.25) is 0 Å². The molecule has 0 unspecified atom stereocenters. The van der Waals surface area contributed by atoms with Crippen LogP contribution >= 0.6 is 11.8 Å². The summed E-state index contributed by atoms with van der Waals surface area (Å²) in [5, 5.41) is 10.3. The number of esters is 1. The van der Waals surface area contributed by atoms with E-state index in [1.54, 1.807) is 0 Å². The molecule has 146 valence electrons. The lowest BCUT2D eigenvalue weighted by molar-refractivity contribution is -0.137. The highest BCUT2D eigenvalue weighted by atomic mass is 32.2. The lowest BCUT2D eigenvalue weighted by Crippen LogP contribution is -2.04. The van der Waals surface area contributed by atoms with Gasteiger partial charge in [-0.25, -0.2) is 4.98 Å². The van der Waals surface area contributed by atoms with Crippen LogP contribution in [-0.2, 0) is 16.6 Å². The van der Waals surface area contributed by atoms with Gasteiger partial charge in [0.2, 0.25) is 0 Å². The number of benzene rings is 2. The Kier molecular flexibility index (Phi) is 5.31. The van der Waals surface area contributed by atoms with Gasteiger partial charge in [-0.05, 0) is 19.1 Å². The summed E-state index contributed by atoms with van der Waals surface area (Å²) in [4.78, 5) is 16.3. The van der Waals surface area contributed by atoms with Crippen molar-refractivity contribution < 1.29 is 9.53 Å². The molecule has 0 aliphatic rings. The average molecular weight is 404 g/mol. The van der Waals surface area contributed by atoms with Gasteiger partial charge in [-0.2, -0.15) is 0 Å². The molecule has 29 heavy (non-hydrogen) atoms. The van der Waals surface area contributed by atoms with Crippen molar-refractivity contribution in [3.8, 4) is 22.6 Å². The highest BCUT2D eigenvalue weighted by Crippen LogP contribution is 2.32. The Hall–Kier alpha value is -3.19. The molecule has 0 fully saturated rings. The van der Waals surface area contributed by atoms with Gasteiger partial charge < -0.3 is 9.30 Å². The first-order chi connectivity index (χ1) is 14.1. The Morgan fingerprint density at radius 3 is 2.62 bits per heavy atom. The van der Waals surface area contributed by atoms with E-state index in [-0.39, 0.29) is 11.7 Å². The number of aromatic nitrogens is 4. The Morgan fingerprint density at radius 2 is 1.86 bits per heavy atom. The Morgan fingerprint density at radius 1 is 1.10 bits per heavy atom. The molecule has 0 aliphatic carbocycles. The minimum absolute atomic E-state index is 0.189. The quantitative estimate of drug-likeness (QED) is 0.365.